The van der Waals surface area contributed by atoms with Crippen LogP contribution >= 0.6 is 27.7 Å². The zero-order valence-electron chi connectivity index (χ0n) is 15.4. The van der Waals surface area contributed by atoms with Gasteiger partial charge in [-0.2, -0.15) is 0 Å². The van der Waals surface area contributed by atoms with E-state index in [0.717, 1.165) is 52.3 Å². The molecule has 1 aliphatic heterocycles. The van der Waals surface area contributed by atoms with Crippen molar-refractivity contribution in [3.8, 4) is 11.5 Å². The molecule has 2 atom stereocenters. The summed E-state index contributed by atoms with van der Waals surface area (Å²) in [4.78, 5) is 14.4. The van der Waals surface area contributed by atoms with E-state index in [0.29, 0.717) is 12.5 Å². The van der Waals surface area contributed by atoms with E-state index < -0.39 is 0 Å². The number of fused-ring (bicyclic) bond motifs is 1. The van der Waals surface area contributed by atoms with Crippen molar-refractivity contribution < 1.29 is 14.3 Å². The average molecular weight is 447 g/mol. The van der Waals surface area contributed by atoms with Crippen molar-refractivity contribution in [2.75, 3.05) is 24.8 Å². The number of Topliss-reactive ketones (excluding diaryl/α,β-unsaturated/α-hetero) is 1. The fourth-order valence-corrected chi connectivity index (χ4v) is 5.69. The van der Waals surface area contributed by atoms with Crippen LogP contribution in [0.4, 0.5) is 0 Å². The topological polar surface area (TPSA) is 35.5 Å². The van der Waals surface area contributed by atoms with Gasteiger partial charge in [0.05, 0.1) is 24.0 Å². The van der Waals surface area contributed by atoms with E-state index in [1.807, 2.05) is 30.3 Å². The number of alkyl halides is 1. The molecule has 142 valence electrons. The molecule has 1 aliphatic carbocycles. The van der Waals surface area contributed by atoms with Gasteiger partial charge in [0.1, 0.15) is 11.5 Å². The number of ether oxygens (including phenoxy) is 2. The Morgan fingerprint density at radius 1 is 1.19 bits per heavy atom. The lowest BCUT2D eigenvalue weighted by Gasteiger charge is -2.25. The van der Waals surface area contributed by atoms with Gasteiger partial charge < -0.3 is 9.47 Å². The highest BCUT2D eigenvalue weighted by Crippen LogP contribution is 2.65. The molecule has 4 rings (SSSR count). The molecule has 0 saturated heterocycles. The number of methoxy groups -OCH3 is 1. The van der Waals surface area contributed by atoms with Crippen LogP contribution in [0.2, 0.25) is 0 Å². The first kappa shape index (κ1) is 18.9. The van der Waals surface area contributed by atoms with Crippen molar-refractivity contribution in [2.45, 2.75) is 30.1 Å². The van der Waals surface area contributed by atoms with Crippen molar-refractivity contribution in [2.24, 2.45) is 5.41 Å². The first-order valence-corrected chi connectivity index (χ1v) is 11.4. The van der Waals surface area contributed by atoms with E-state index in [1.54, 1.807) is 18.9 Å². The van der Waals surface area contributed by atoms with E-state index in [-0.39, 0.29) is 11.2 Å². The molecule has 1 spiro atoms. The minimum Gasteiger partial charge on any atom is -0.497 e. The molecule has 2 aromatic carbocycles. The van der Waals surface area contributed by atoms with E-state index in [1.165, 1.54) is 5.56 Å². The van der Waals surface area contributed by atoms with Gasteiger partial charge in [-0.25, -0.2) is 0 Å². The zero-order valence-corrected chi connectivity index (χ0v) is 17.8. The molecule has 0 amide bonds. The Morgan fingerprint density at radius 3 is 2.74 bits per heavy atom. The van der Waals surface area contributed by atoms with Gasteiger partial charge in [0.15, 0.2) is 5.78 Å². The number of hydrogen-bond acceptors (Lipinski definition) is 4. The van der Waals surface area contributed by atoms with Crippen molar-refractivity contribution >= 4 is 33.5 Å². The number of hydrogen-bond donors (Lipinski definition) is 0. The van der Waals surface area contributed by atoms with Gasteiger partial charge in [-0.15, -0.1) is 11.8 Å². The molecule has 1 fully saturated rings. The van der Waals surface area contributed by atoms with E-state index in [4.69, 9.17) is 9.47 Å². The lowest BCUT2D eigenvalue weighted by Crippen LogP contribution is -2.25. The highest BCUT2D eigenvalue weighted by Gasteiger charge is 2.62. The van der Waals surface area contributed by atoms with Crippen molar-refractivity contribution in [1.29, 1.82) is 0 Å². The molecule has 0 N–H and O–H groups in total. The molecule has 27 heavy (non-hydrogen) atoms. The van der Waals surface area contributed by atoms with Gasteiger partial charge >= 0.3 is 0 Å². The Kier molecular flexibility index (Phi) is 5.51. The number of carbonyl (C=O) groups is 1. The summed E-state index contributed by atoms with van der Waals surface area (Å²) in [5.41, 5.74) is 1.82. The minimum atomic E-state index is -0.249. The summed E-state index contributed by atoms with van der Waals surface area (Å²) in [5.74, 6) is 3.13. The standard InChI is InChI=1S/C22H23BrO3S/c1-25-16-9-7-15(8-10-16)18-13-22(18)14-27-20-17(21(22)24)5-4-6-19(20)26-12-3-2-11-23/h4-10,18H,2-3,11-14H2,1H3. The van der Waals surface area contributed by atoms with E-state index in [9.17, 15) is 4.79 Å². The Bertz CT molecular complexity index is 836. The molecular formula is C22H23BrO3S. The van der Waals surface area contributed by atoms with Gasteiger partial charge in [-0.1, -0.05) is 34.1 Å². The summed E-state index contributed by atoms with van der Waals surface area (Å²) in [7, 11) is 1.67. The third kappa shape index (κ3) is 3.52. The quantitative estimate of drug-likeness (QED) is 0.402. The Balaban J connectivity index is 1.52. The lowest BCUT2D eigenvalue weighted by atomic mass is 9.91. The predicted molar refractivity (Wildman–Crippen MR) is 113 cm³/mol. The maximum atomic E-state index is 13.3. The van der Waals surface area contributed by atoms with Crippen LogP contribution in [0.5, 0.6) is 11.5 Å². The van der Waals surface area contributed by atoms with Crippen LogP contribution in [0.25, 0.3) is 0 Å². The van der Waals surface area contributed by atoms with Crippen LogP contribution < -0.4 is 9.47 Å². The molecule has 0 bridgehead atoms. The van der Waals surface area contributed by atoms with E-state index >= 15 is 0 Å². The molecule has 2 aliphatic rings. The van der Waals surface area contributed by atoms with Gasteiger partial charge in [-0.3, -0.25) is 4.79 Å². The number of rotatable bonds is 7. The van der Waals surface area contributed by atoms with Crippen LogP contribution in [-0.4, -0.2) is 30.6 Å². The minimum absolute atomic E-state index is 0.249. The number of unbranched alkanes of at least 4 members (excludes halogenated alkanes) is 1. The molecule has 2 aromatic rings. The summed E-state index contributed by atoms with van der Waals surface area (Å²) in [6, 6.07) is 14.0. The number of benzene rings is 2. The Hall–Kier alpha value is -1.46. The fourth-order valence-electron chi connectivity index (χ4n) is 3.86. The SMILES string of the molecule is COc1ccc(C2CC23CSc2c(OCCCCBr)cccc2C3=O)cc1. The van der Waals surface area contributed by atoms with Crippen molar-refractivity contribution in [3.63, 3.8) is 0 Å². The molecule has 1 saturated carbocycles. The summed E-state index contributed by atoms with van der Waals surface area (Å²) in [6.45, 7) is 0.691. The molecule has 0 radical (unpaired) electrons. The second-order valence-corrected chi connectivity index (χ2v) is 8.96. The highest BCUT2D eigenvalue weighted by molar-refractivity contribution is 9.09. The summed E-state index contributed by atoms with van der Waals surface area (Å²) in [5, 5.41) is 0.992. The molecule has 0 aromatic heterocycles. The van der Waals surface area contributed by atoms with Crippen LogP contribution in [-0.2, 0) is 0 Å². The number of halogens is 1. The van der Waals surface area contributed by atoms with Gasteiger partial charge in [0, 0.05) is 16.6 Å². The largest absolute Gasteiger partial charge is 0.497 e. The highest BCUT2D eigenvalue weighted by atomic mass is 79.9. The lowest BCUT2D eigenvalue weighted by molar-refractivity contribution is 0.0904. The Labute approximate surface area is 173 Å². The molecule has 1 heterocycles. The zero-order chi connectivity index (χ0) is 18.9. The molecular weight excluding hydrogens is 424 g/mol. The fraction of sp³-hybridized carbons (Fsp3) is 0.409. The average Bonchev–Trinajstić information content (AvgIpc) is 3.44. The first-order chi connectivity index (χ1) is 13.2. The third-order valence-corrected chi connectivity index (χ3v) is 7.46. The van der Waals surface area contributed by atoms with Gasteiger partial charge in [0.2, 0.25) is 0 Å². The summed E-state index contributed by atoms with van der Waals surface area (Å²) < 4.78 is 11.2. The van der Waals surface area contributed by atoms with Crippen molar-refractivity contribution in [3.05, 3.63) is 53.6 Å². The second kappa shape index (κ2) is 7.88. The van der Waals surface area contributed by atoms with Gasteiger partial charge in [-0.05, 0) is 55.0 Å². The summed E-state index contributed by atoms with van der Waals surface area (Å²) >= 11 is 5.22. The number of ketones is 1. The molecule has 5 heteroatoms. The monoisotopic (exact) mass is 446 g/mol. The smallest absolute Gasteiger partial charge is 0.171 e. The number of carbonyl (C=O) groups excluding carboxylic acids is 1. The van der Waals surface area contributed by atoms with Crippen LogP contribution in [0, 0.1) is 5.41 Å². The third-order valence-electron chi connectivity index (χ3n) is 5.53. The summed E-state index contributed by atoms with van der Waals surface area (Å²) in [6.07, 6.45) is 3.03. The first-order valence-electron chi connectivity index (χ1n) is 9.33. The molecule has 3 nitrogen and oxygen atoms in total. The molecule has 2 unspecified atom stereocenters. The van der Waals surface area contributed by atoms with E-state index in [2.05, 4.69) is 28.1 Å². The Morgan fingerprint density at radius 2 is 2.00 bits per heavy atom. The van der Waals surface area contributed by atoms with Gasteiger partial charge in [0.25, 0.3) is 0 Å². The van der Waals surface area contributed by atoms with Crippen molar-refractivity contribution in [1.82, 2.24) is 0 Å². The number of thioether (sulfide) groups is 1. The second-order valence-electron chi connectivity index (χ2n) is 7.18. The van der Waals surface area contributed by atoms with Crippen LogP contribution in [0.3, 0.4) is 0 Å². The predicted octanol–water partition coefficient (Wildman–Crippen LogP) is 5.71. The van der Waals surface area contributed by atoms with Crippen LogP contribution in [0.15, 0.2) is 47.4 Å². The van der Waals surface area contributed by atoms with Crippen LogP contribution in [0.1, 0.15) is 41.1 Å². The normalized spacial score (nSPS) is 23.2. The maximum absolute atomic E-state index is 13.3. The maximum Gasteiger partial charge on any atom is 0.171 e.